The topological polar surface area (TPSA) is 93.7 Å². The standard InChI is InChI=1S/C24H38N4O3/c29-18-20-13-15-28(16-19-8-3-1-4-9-19)17-22(20)27-23(30)12-7-14-25-24(31)26-21-10-5-2-6-11-21/h1,3-4,8-9,20-22,29H,2,5-7,10-18H2,(H,27,30)(H2,25,26,31). The predicted molar refractivity (Wildman–Crippen MR) is 121 cm³/mol. The molecule has 0 bridgehead atoms. The predicted octanol–water partition coefficient (Wildman–Crippen LogP) is 2.40. The van der Waals surface area contributed by atoms with E-state index in [1.54, 1.807) is 0 Å². The van der Waals surface area contributed by atoms with Crippen molar-refractivity contribution in [3.8, 4) is 0 Å². The van der Waals surface area contributed by atoms with E-state index in [-0.39, 0.29) is 36.5 Å². The fourth-order valence-electron chi connectivity index (χ4n) is 4.65. The van der Waals surface area contributed by atoms with Crippen molar-refractivity contribution < 1.29 is 14.7 Å². The quantitative estimate of drug-likeness (QED) is 0.453. The Morgan fingerprint density at radius 1 is 1.03 bits per heavy atom. The first-order valence-corrected chi connectivity index (χ1v) is 11.8. The molecule has 7 nitrogen and oxygen atoms in total. The highest BCUT2D eigenvalue weighted by atomic mass is 16.3. The lowest BCUT2D eigenvalue weighted by atomic mass is 9.91. The molecule has 0 aromatic heterocycles. The molecule has 31 heavy (non-hydrogen) atoms. The van der Waals surface area contributed by atoms with E-state index in [0.29, 0.717) is 19.4 Å². The van der Waals surface area contributed by atoms with Gasteiger partial charge in [0.1, 0.15) is 0 Å². The van der Waals surface area contributed by atoms with Crippen LogP contribution in [0.2, 0.25) is 0 Å². The first-order chi connectivity index (χ1) is 15.1. The number of carbonyl (C=O) groups is 2. The second-order valence-electron chi connectivity index (χ2n) is 8.96. The van der Waals surface area contributed by atoms with Crippen LogP contribution in [0.1, 0.15) is 56.9 Å². The van der Waals surface area contributed by atoms with Gasteiger partial charge in [-0.3, -0.25) is 9.69 Å². The minimum Gasteiger partial charge on any atom is -0.396 e. The molecule has 7 heteroatoms. The van der Waals surface area contributed by atoms with Gasteiger partial charge >= 0.3 is 6.03 Å². The van der Waals surface area contributed by atoms with Crippen LogP contribution in [-0.2, 0) is 11.3 Å². The number of likely N-dealkylation sites (tertiary alicyclic amines) is 1. The van der Waals surface area contributed by atoms with Crippen LogP contribution in [0.4, 0.5) is 4.79 Å². The molecule has 2 unspecified atom stereocenters. The van der Waals surface area contributed by atoms with Crippen LogP contribution in [-0.4, -0.2) is 60.3 Å². The largest absolute Gasteiger partial charge is 0.396 e. The molecule has 1 aliphatic carbocycles. The number of nitrogens with one attached hydrogen (secondary N) is 3. The Bertz CT molecular complexity index is 679. The summed E-state index contributed by atoms with van der Waals surface area (Å²) >= 11 is 0. The third-order valence-corrected chi connectivity index (χ3v) is 6.48. The smallest absolute Gasteiger partial charge is 0.315 e. The molecule has 0 spiro atoms. The molecule has 2 atom stereocenters. The number of amides is 3. The maximum atomic E-state index is 12.5. The van der Waals surface area contributed by atoms with Gasteiger partial charge in [0.2, 0.25) is 5.91 Å². The average Bonchev–Trinajstić information content (AvgIpc) is 2.78. The fourth-order valence-corrected chi connectivity index (χ4v) is 4.65. The van der Waals surface area contributed by atoms with E-state index in [2.05, 4.69) is 33.0 Å². The molecule has 1 saturated carbocycles. The van der Waals surface area contributed by atoms with Crippen molar-refractivity contribution in [2.75, 3.05) is 26.2 Å². The summed E-state index contributed by atoms with van der Waals surface area (Å²) in [7, 11) is 0. The zero-order chi connectivity index (χ0) is 21.9. The molecule has 1 saturated heterocycles. The maximum absolute atomic E-state index is 12.5. The minimum atomic E-state index is -0.128. The van der Waals surface area contributed by atoms with Gasteiger partial charge in [-0.25, -0.2) is 4.79 Å². The van der Waals surface area contributed by atoms with Gasteiger partial charge in [-0.05, 0) is 37.8 Å². The van der Waals surface area contributed by atoms with Crippen LogP contribution in [0.25, 0.3) is 0 Å². The van der Waals surface area contributed by atoms with Gasteiger partial charge in [0, 0.05) is 50.7 Å². The minimum absolute atomic E-state index is 0.0144. The number of nitrogens with zero attached hydrogens (tertiary/aromatic N) is 1. The number of hydrogen-bond acceptors (Lipinski definition) is 4. The summed E-state index contributed by atoms with van der Waals surface area (Å²) in [6.07, 6.45) is 7.60. The number of rotatable bonds is 9. The van der Waals surface area contributed by atoms with Crippen molar-refractivity contribution in [2.24, 2.45) is 5.92 Å². The van der Waals surface area contributed by atoms with Gasteiger partial charge < -0.3 is 21.1 Å². The lowest BCUT2D eigenvalue weighted by Gasteiger charge is -2.38. The van der Waals surface area contributed by atoms with Crippen molar-refractivity contribution in [3.05, 3.63) is 35.9 Å². The van der Waals surface area contributed by atoms with E-state index in [0.717, 1.165) is 38.9 Å². The van der Waals surface area contributed by atoms with Crippen LogP contribution in [0, 0.1) is 5.92 Å². The number of urea groups is 1. The van der Waals surface area contributed by atoms with Crippen LogP contribution >= 0.6 is 0 Å². The van der Waals surface area contributed by atoms with Gasteiger partial charge in [-0.1, -0.05) is 49.6 Å². The normalized spacial score (nSPS) is 22.6. The van der Waals surface area contributed by atoms with E-state index in [9.17, 15) is 14.7 Å². The first kappa shape index (κ1) is 23.5. The third kappa shape index (κ3) is 8.15. The molecule has 1 aromatic carbocycles. The number of aliphatic hydroxyl groups is 1. The molecular formula is C24H38N4O3. The molecule has 172 valence electrons. The summed E-state index contributed by atoms with van der Waals surface area (Å²) in [6.45, 7) is 3.10. The molecule has 1 aromatic rings. The molecular weight excluding hydrogens is 392 g/mol. The van der Waals surface area contributed by atoms with E-state index < -0.39 is 0 Å². The summed E-state index contributed by atoms with van der Waals surface area (Å²) in [5.74, 6) is 0.0786. The Kier molecular flexibility index (Phi) is 9.62. The van der Waals surface area contributed by atoms with E-state index in [1.807, 2.05) is 18.2 Å². The lowest BCUT2D eigenvalue weighted by Crippen LogP contribution is -2.53. The molecule has 2 aliphatic rings. The van der Waals surface area contributed by atoms with Crippen molar-refractivity contribution in [3.63, 3.8) is 0 Å². The first-order valence-electron chi connectivity index (χ1n) is 11.8. The van der Waals surface area contributed by atoms with Crippen LogP contribution in [0.3, 0.4) is 0 Å². The average molecular weight is 431 g/mol. The molecule has 0 radical (unpaired) electrons. The second-order valence-corrected chi connectivity index (χ2v) is 8.96. The number of piperidine rings is 1. The fraction of sp³-hybridized carbons (Fsp3) is 0.667. The van der Waals surface area contributed by atoms with Crippen molar-refractivity contribution >= 4 is 11.9 Å². The van der Waals surface area contributed by atoms with E-state index >= 15 is 0 Å². The monoisotopic (exact) mass is 430 g/mol. The molecule has 1 heterocycles. The Morgan fingerprint density at radius 2 is 1.81 bits per heavy atom. The summed E-state index contributed by atoms with van der Waals surface area (Å²) in [6, 6.07) is 10.4. The lowest BCUT2D eigenvalue weighted by molar-refractivity contribution is -0.122. The van der Waals surface area contributed by atoms with Crippen LogP contribution in [0.15, 0.2) is 30.3 Å². The number of hydrogen-bond donors (Lipinski definition) is 4. The Labute approximate surface area is 186 Å². The van der Waals surface area contributed by atoms with Crippen molar-refractivity contribution in [2.45, 2.75) is 70.0 Å². The summed E-state index contributed by atoms with van der Waals surface area (Å²) < 4.78 is 0. The van der Waals surface area contributed by atoms with Crippen LogP contribution < -0.4 is 16.0 Å². The molecule has 3 rings (SSSR count). The zero-order valence-electron chi connectivity index (χ0n) is 18.5. The summed E-state index contributed by atoms with van der Waals surface area (Å²) in [4.78, 5) is 26.8. The van der Waals surface area contributed by atoms with Gasteiger partial charge in [0.15, 0.2) is 0 Å². The van der Waals surface area contributed by atoms with Crippen molar-refractivity contribution in [1.82, 2.24) is 20.9 Å². The van der Waals surface area contributed by atoms with Crippen molar-refractivity contribution in [1.29, 1.82) is 0 Å². The Hall–Kier alpha value is -2.12. The van der Waals surface area contributed by atoms with Gasteiger partial charge in [-0.2, -0.15) is 0 Å². The summed E-state index contributed by atoms with van der Waals surface area (Å²) in [5.41, 5.74) is 1.26. The Morgan fingerprint density at radius 3 is 2.55 bits per heavy atom. The number of carbonyl (C=O) groups excluding carboxylic acids is 2. The molecule has 3 amide bonds. The molecule has 4 N–H and O–H groups in total. The van der Waals surface area contributed by atoms with Gasteiger partial charge in [0.05, 0.1) is 0 Å². The Balaban J connectivity index is 1.35. The summed E-state index contributed by atoms with van der Waals surface area (Å²) in [5, 5.41) is 18.7. The maximum Gasteiger partial charge on any atom is 0.315 e. The highest BCUT2D eigenvalue weighted by Gasteiger charge is 2.29. The highest BCUT2D eigenvalue weighted by Crippen LogP contribution is 2.20. The highest BCUT2D eigenvalue weighted by molar-refractivity contribution is 5.76. The van der Waals surface area contributed by atoms with Crippen LogP contribution in [0.5, 0.6) is 0 Å². The SMILES string of the molecule is O=C(CCCNC(=O)NC1CCCCC1)NC1CN(Cc2ccccc2)CCC1CO. The van der Waals surface area contributed by atoms with E-state index in [4.69, 9.17) is 0 Å². The number of benzene rings is 1. The van der Waals surface area contributed by atoms with E-state index in [1.165, 1.54) is 24.8 Å². The molecule has 1 aliphatic heterocycles. The van der Waals surface area contributed by atoms with Gasteiger partial charge in [0.25, 0.3) is 0 Å². The zero-order valence-corrected chi connectivity index (χ0v) is 18.5. The second kappa shape index (κ2) is 12.7. The molecule has 2 fully saturated rings. The van der Waals surface area contributed by atoms with Gasteiger partial charge in [-0.15, -0.1) is 0 Å². The third-order valence-electron chi connectivity index (χ3n) is 6.48. The number of aliphatic hydroxyl groups excluding tert-OH is 1.